The molecule has 6 nitrogen and oxygen atoms in total. The van der Waals surface area contributed by atoms with Crippen LogP contribution in [0, 0.1) is 6.92 Å². The maximum Gasteiger partial charge on any atom is 0.335 e. The third-order valence-electron chi connectivity index (χ3n) is 7.03. The molecule has 37 heavy (non-hydrogen) atoms. The number of carbonyl (C=O) groups excluding carboxylic acids is 3. The van der Waals surface area contributed by atoms with Crippen LogP contribution in [0.2, 0.25) is 0 Å². The largest absolute Gasteiger partial charge is 0.342 e. The lowest BCUT2D eigenvalue weighted by molar-refractivity contribution is -0.122. The van der Waals surface area contributed by atoms with Crippen LogP contribution in [0.5, 0.6) is 0 Å². The van der Waals surface area contributed by atoms with E-state index < -0.39 is 17.8 Å². The van der Waals surface area contributed by atoms with E-state index in [9.17, 15) is 14.4 Å². The molecule has 0 aliphatic carbocycles. The fraction of sp³-hybridized carbons (Fsp3) is 0.194. The van der Waals surface area contributed by atoms with Crippen molar-refractivity contribution in [1.29, 1.82) is 0 Å². The van der Waals surface area contributed by atoms with Gasteiger partial charge in [0, 0.05) is 29.2 Å². The van der Waals surface area contributed by atoms with Gasteiger partial charge in [-0.3, -0.25) is 14.9 Å². The summed E-state index contributed by atoms with van der Waals surface area (Å²) < 4.78 is 2.11. The van der Waals surface area contributed by atoms with Crippen molar-refractivity contribution in [2.75, 3.05) is 4.90 Å². The fourth-order valence-corrected chi connectivity index (χ4v) is 4.65. The van der Waals surface area contributed by atoms with Crippen molar-refractivity contribution >= 4 is 40.5 Å². The van der Waals surface area contributed by atoms with E-state index in [0.717, 1.165) is 38.9 Å². The molecule has 5 rings (SSSR count). The predicted octanol–water partition coefficient (Wildman–Crippen LogP) is 6.18. The monoisotopic (exact) mass is 491 g/mol. The number of hydrogen-bond donors (Lipinski definition) is 1. The van der Waals surface area contributed by atoms with Gasteiger partial charge in [0.2, 0.25) is 0 Å². The molecule has 1 aromatic heterocycles. The molecule has 1 saturated heterocycles. The zero-order chi connectivity index (χ0) is 26.1. The third kappa shape index (κ3) is 4.70. The van der Waals surface area contributed by atoms with Gasteiger partial charge in [-0.1, -0.05) is 74.0 Å². The second-order valence-electron chi connectivity index (χ2n) is 9.57. The number of hydrogen-bond acceptors (Lipinski definition) is 3. The number of para-hydroxylation sites is 1. The van der Waals surface area contributed by atoms with E-state index in [-0.39, 0.29) is 5.57 Å². The first-order valence-electron chi connectivity index (χ1n) is 12.5. The summed E-state index contributed by atoms with van der Waals surface area (Å²) >= 11 is 0. The molecule has 0 radical (unpaired) electrons. The van der Waals surface area contributed by atoms with Gasteiger partial charge < -0.3 is 4.57 Å². The Bertz CT molecular complexity index is 1530. The van der Waals surface area contributed by atoms with Crippen LogP contribution in [-0.2, 0) is 16.1 Å². The fourth-order valence-electron chi connectivity index (χ4n) is 4.65. The van der Waals surface area contributed by atoms with Crippen LogP contribution < -0.4 is 10.2 Å². The number of nitrogens with zero attached hydrogens (tertiary/aromatic N) is 2. The second-order valence-corrected chi connectivity index (χ2v) is 9.57. The number of imide groups is 2. The number of fused-ring (bicyclic) bond motifs is 1. The molecule has 1 fully saturated rings. The molecule has 2 heterocycles. The first-order chi connectivity index (χ1) is 17.9. The Labute approximate surface area is 216 Å². The molecule has 1 N–H and O–H groups in total. The Morgan fingerprint density at radius 3 is 2.32 bits per heavy atom. The van der Waals surface area contributed by atoms with Gasteiger partial charge in [-0.05, 0) is 54.7 Å². The van der Waals surface area contributed by atoms with Gasteiger partial charge in [0.25, 0.3) is 11.8 Å². The number of rotatable bonds is 6. The highest BCUT2D eigenvalue weighted by molar-refractivity contribution is 6.39. The van der Waals surface area contributed by atoms with Gasteiger partial charge >= 0.3 is 6.03 Å². The Morgan fingerprint density at radius 2 is 1.62 bits per heavy atom. The zero-order valence-electron chi connectivity index (χ0n) is 21.2. The van der Waals surface area contributed by atoms with Gasteiger partial charge in [0.05, 0.1) is 5.69 Å². The lowest BCUT2D eigenvalue weighted by atomic mass is 9.98. The summed E-state index contributed by atoms with van der Waals surface area (Å²) in [6.07, 6.45) is 4.51. The minimum absolute atomic E-state index is 0.0798. The van der Waals surface area contributed by atoms with Gasteiger partial charge in [-0.15, -0.1) is 0 Å². The van der Waals surface area contributed by atoms with Crippen molar-refractivity contribution in [3.8, 4) is 0 Å². The standard InChI is InChI=1S/C31H29N3O3/c1-4-21(3)23-13-15-25(16-14-23)34-30(36)27(29(35)32-31(34)37)17-24-19-33(28-8-6-5-7-26(24)28)18-22-11-9-20(2)10-12-22/h5-17,19,21H,4,18H2,1-3H3,(H,32,35,37). The molecule has 0 saturated carbocycles. The lowest BCUT2D eigenvalue weighted by Crippen LogP contribution is -2.54. The van der Waals surface area contributed by atoms with Crippen molar-refractivity contribution in [2.24, 2.45) is 0 Å². The SMILES string of the molecule is CCC(C)c1ccc(N2C(=O)NC(=O)C(=Cc3cn(Cc4ccc(C)cc4)c4ccccc34)C2=O)cc1. The number of urea groups is 1. The average Bonchev–Trinajstić information content (AvgIpc) is 3.24. The molecule has 1 aliphatic heterocycles. The number of aromatic nitrogens is 1. The smallest absolute Gasteiger partial charge is 0.335 e. The quantitative estimate of drug-likeness (QED) is 0.259. The van der Waals surface area contributed by atoms with E-state index in [4.69, 9.17) is 0 Å². The average molecular weight is 492 g/mol. The van der Waals surface area contributed by atoms with Crippen LogP contribution >= 0.6 is 0 Å². The highest BCUT2D eigenvalue weighted by Gasteiger charge is 2.37. The first kappa shape index (κ1) is 24.3. The molecular weight excluding hydrogens is 462 g/mol. The Hall–Kier alpha value is -4.45. The predicted molar refractivity (Wildman–Crippen MR) is 146 cm³/mol. The summed E-state index contributed by atoms with van der Waals surface area (Å²) in [6, 6.07) is 22.8. The van der Waals surface area contributed by atoms with Gasteiger partial charge in [-0.25, -0.2) is 9.69 Å². The minimum Gasteiger partial charge on any atom is -0.342 e. The zero-order valence-corrected chi connectivity index (χ0v) is 21.2. The number of aryl methyl sites for hydroxylation is 1. The molecular formula is C31H29N3O3. The topological polar surface area (TPSA) is 71.4 Å². The van der Waals surface area contributed by atoms with E-state index in [1.54, 1.807) is 18.2 Å². The molecule has 4 amide bonds. The molecule has 4 aromatic rings. The highest BCUT2D eigenvalue weighted by atomic mass is 16.2. The van der Waals surface area contributed by atoms with E-state index in [0.29, 0.717) is 18.2 Å². The van der Waals surface area contributed by atoms with Crippen molar-refractivity contribution in [2.45, 2.75) is 39.7 Å². The summed E-state index contributed by atoms with van der Waals surface area (Å²) in [4.78, 5) is 40.0. The number of anilines is 1. The van der Waals surface area contributed by atoms with Crippen LogP contribution in [0.15, 0.2) is 84.6 Å². The molecule has 1 unspecified atom stereocenters. The van der Waals surface area contributed by atoms with Crippen LogP contribution in [0.3, 0.4) is 0 Å². The summed E-state index contributed by atoms with van der Waals surface area (Å²) in [7, 11) is 0. The van der Waals surface area contributed by atoms with Gasteiger partial charge in [-0.2, -0.15) is 0 Å². The van der Waals surface area contributed by atoms with E-state index in [1.807, 2.05) is 42.6 Å². The Balaban J connectivity index is 1.51. The third-order valence-corrected chi connectivity index (χ3v) is 7.03. The molecule has 1 atom stereocenters. The molecule has 1 aliphatic rings. The molecule has 3 aromatic carbocycles. The normalized spacial score (nSPS) is 15.9. The van der Waals surface area contributed by atoms with Crippen LogP contribution in [0.4, 0.5) is 10.5 Å². The molecule has 6 heteroatoms. The van der Waals surface area contributed by atoms with E-state index >= 15 is 0 Å². The van der Waals surface area contributed by atoms with E-state index in [1.165, 1.54) is 5.56 Å². The number of barbiturate groups is 1. The summed E-state index contributed by atoms with van der Waals surface area (Å²) in [5.74, 6) is -0.965. The van der Waals surface area contributed by atoms with Crippen molar-refractivity contribution in [3.63, 3.8) is 0 Å². The molecule has 0 bridgehead atoms. The Morgan fingerprint density at radius 1 is 0.919 bits per heavy atom. The first-order valence-corrected chi connectivity index (χ1v) is 12.5. The minimum atomic E-state index is -0.745. The Kier molecular flexibility index (Phi) is 6.49. The summed E-state index contributed by atoms with van der Waals surface area (Å²) in [6.45, 7) is 6.94. The van der Waals surface area contributed by atoms with Crippen LogP contribution in [0.1, 0.15) is 48.4 Å². The molecule has 186 valence electrons. The summed E-state index contributed by atoms with van der Waals surface area (Å²) in [5.41, 5.74) is 5.55. The number of nitrogens with one attached hydrogen (secondary N) is 1. The maximum atomic E-state index is 13.5. The van der Waals surface area contributed by atoms with Gasteiger partial charge in [0.15, 0.2) is 0 Å². The lowest BCUT2D eigenvalue weighted by Gasteiger charge is -2.26. The van der Waals surface area contributed by atoms with Crippen molar-refractivity contribution in [3.05, 3.63) is 107 Å². The maximum absolute atomic E-state index is 13.5. The van der Waals surface area contributed by atoms with E-state index in [2.05, 4.69) is 54.9 Å². The molecule has 0 spiro atoms. The van der Waals surface area contributed by atoms with Crippen molar-refractivity contribution in [1.82, 2.24) is 9.88 Å². The van der Waals surface area contributed by atoms with Crippen LogP contribution in [-0.4, -0.2) is 22.4 Å². The highest BCUT2D eigenvalue weighted by Crippen LogP contribution is 2.28. The summed E-state index contributed by atoms with van der Waals surface area (Å²) in [5, 5.41) is 3.25. The second kappa shape index (κ2) is 9.90. The number of benzene rings is 3. The number of carbonyl (C=O) groups is 3. The van der Waals surface area contributed by atoms with Crippen molar-refractivity contribution < 1.29 is 14.4 Å². The number of amides is 4. The van der Waals surface area contributed by atoms with Crippen LogP contribution in [0.25, 0.3) is 17.0 Å². The van der Waals surface area contributed by atoms with Gasteiger partial charge in [0.1, 0.15) is 5.57 Å².